The minimum atomic E-state index is -0.143. The van der Waals surface area contributed by atoms with E-state index in [4.69, 9.17) is 9.73 Å². The number of carbonyl (C=O) groups is 1. The number of nitrogens with zero attached hydrogens (tertiary/aromatic N) is 3. The number of aliphatic imine (C=N–C) groups is 1. The molecule has 0 atom stereocenters. The number of rotatable bonds is 3. The number of phenolic OH excluding ortho intramolecular Hbond substituents is 1. The molecular weight excluding hydrogens is 442 g/mol. The molecule has 1 N–H and O–H groups in total. The molecule has 2 aliphatic heterocycles. The average Bonchev–Trinajstić information content (AvgIpc) is 3.31. The van der Waals surface area contributed by atoms with Gasteiger partial charge in [0.05, 0.1) is 29.2 Å². The largest absolute Gasteiger partial charge is 0.508 e. The SMILES string of the molecule is COc1ccc(N=C2S/C(=C3\Sc4ccccc4N3C)C(=O)N2c2ccc(O)cc2)cc1. The highest BCUT2D eigenvalue weighted by molar-refractivity contribution is 8.20. The second kappa shape index (κ2) is 8.29. The van der Waals surface area contributed by atoms with Crippen LogP contribution in [0.3, 0.4) is 0 Å². The number of amides is 1. The van der Waals surface area contributed by atoms with E-state index < -0.39 is 0 Å². The van der Waals surface area contributed by atoms with Gasteiger partial charge in [0.15, 0.2) is 5.17 Å². The Bertz CT molecular complexity index is 1250. The van der Waals surface area contributed by atoms with Crippen LogP contribution in [-0.4, -0.2) is 30.3 Å². The summed E-state index contributed by atoms with van der Waals surface area (Å²) in [6.45, 7) is 0. The Morgan fingerprint density at radius 1 is 0.938 bits per heavy atom. The van der Waals surface area contributed by atoms with E-state index in [9.17, 15) is 9.90 Å². The molecule has 3 aromatic rings. The summed E-state index contributed by atoms with van der Waals surface area (Å²) < 4.78 is 5.23. The number of benzene rings is 3. The molecule has 1 saturated heterocycles. The first-order chi connectivity index (χ1) is 15.5. The van der Waals surface area contributed by atoms with Gasteiger partial charge in [-0.1, -0.05) is 23.9 Å². The van der Waals surface area contributed by atoms with Crippen molar-refractivity contribution in [3.8, 4) is 11.5 Å². The summed E-state index contributed by atoms with van der Waals surface area (Å²) in [5, 5.41) is 11.1. The fraction of sp³-hybridized carbons (Fsp3) is 0.0833. The first-order valence-corrected chi connectivity index (χ1v) is 11.5. The molecule has 0 saturated carbocycles. The molecule has 0 radical (unpaired) electrons. The minimum absolute atomic E-state index is 0.141. The summed E-state index contributed by atoms with van der Waals surface area (Å²) in [5.74, 6) is 0.737. The Morgan fingerprint density at radius 2 is 1.66 bits per heavy atom. The van der Waals surface area contributed by atoms with E-state index >= 15 is 0 Å². The van der Waals surface area contributed by atoms with E-state index in [1.165, 1.54) is 11.8 Å². The first kappa shape index (κ1) is 20.5. The fourth-order valence-corrected chi connectivity index (χ4v) is 5.82. The molecule has 1 amide bonds. The van der Waals surface area contributed by atoms with Crippen LogP contribution in [0.15, 0.2) is 92.6 Å². The van der Waals surface area contributed by atoms with E-state index in [-0.39, 0.29) is 11.7 Å². The zero-order chi connectivity index (χ0) is 22.2. The third kappa shape index (κ3) is 3.61. The second-order valence-corrected chi connectivity index (χ2v) is 9.12. The summed E-state index contributed by atoms with van der Waals surface area (Å²) in [5.41, 5.74) is 2.43. The Labute approximate surface area is 194 Å². The highest BCUT2D eigenvalue weighted by atomic mass is 32.2. The maximum Gasteiger partial charge on any atom is 0.274 e. The number of fused-ring (bicyclic) bond motifs is 1. The molecule has 0 spiro atoms. The molecule has 1 fully saturated rings. The number of para-hydroxylation sites is 1. The van der Waals surface area contributed by atoms with Gasteiger partial charge in [-0.05, 0) is 72.4 Å². The van der Waals surface area contributed by atoms with Crippen LogP contribution in [0.25, 0.3) is 0 Å². The summed E-state index contributed by atoms with van der Waals surface area (Å²) in [7, 11) is 3.59. The van der Waals surface area contributed by atoms with Crippen molar-refractivity contribution < 1.29 is 14.6 Å². The summed E-state index contributed by atoms with van der Waals surface area (Å²) in [6, 6.07) is 22.0. The molecule has 3 aromatic carbocycles. The monoisotopic (exact) mass is 461 g/mol. The predicted molar refractivity (Wildman–Crippen MR) is 131 cm³/mol. The third-order valence-corrected chi connectivity index (χ3v) is 7.51. The van der Waals surface area contributed by atoms with Crippen LogP contribution in [0.4, 0.5) is 17.1 Å². The van der Waals surface area contributed by atoms with Gasteiger partial charge in [0.25, 0.3) is 5.91 Å². The number of amidine groups is 1. The highest BCUT2D eigenvalue weighted by Crippen LogP contribution is 2.50. The highest BCUT2D eigenvalue weighted by Gasteiger charge is 2.40. The normalized spacial score (nSPS) is 19.1. The number of ether oxygens (including phenoxy) is 1. The summed E-state index contributed by atoms with van der Waals surface area (Å²) in [6.07, 6.45) is 0. The first-order valence-electron chi connectivity index (χ1n) is 9.84. The number of hydrogen-bond acceptors (Lipinski definition) is 7. The van der Waals surface area contributed by atoms with Crippen molar-refractivity contribution in [3.63, 3.8) is 0 Å². The third-order valence-electron chi connectivity index (χ3n) is 5.12. The van der Waals surface area contributed by atoms with Crippen LogP contribution in [-0.2, 0) is 4.79 Å². The van der Waals surface area contributed by atoms with Crippen molar-refractivity contribution >= 4 is 51.7 Å². The Balaban J connectivity index is 1.59. The molecule has 0 aromatic heterocycles. The zero-order valence-corrected chi connectivity index (χ0v) is 19.0. The van der Waals surface area contributed by atoms with Gasteiger partial charge < -0.3 is 14.7 Å². The number of thioether (sulfide) groups is 2. The number of carbonyl (C=O) groups excluding carboxylic acids is 1. The quantitative estimate of drug-likeness (QED) is 0.514. The number of phenols is 1. The molecule has 0 aliphatic carbocycles. The lowest BCUT2D eigenvalue weighted by Gasteiger charge is -2.17. The smallest absolute Gasteiger partial charge is 0.274 e. The molecule has 32 heavy (non-hydrogen) atoms. The molecule has 2 aliphatic rings. The van der Waals surface area contributed by atoms with Crippen molar-refractivity contribution in [1.29, 1.82) is 0 Å². The number of anilines is 2. The van der Waals surface area contributed by atoms with E-state index in [1.807, 2.05) is 54.4 Å². The molecule has 5 rings (SSSR count). The predicted octanol–water partition coefficient (Wildman–Crippen LogP) is 5.58. The van der Waals surface area contributed by atoms with Gasteiger partial charge in [0.1, 0.15) is 16.4 Å². The van der Waals surface area contributed by atoms with Crippen molar-refractivity contribution in [2.75, 3.05) is 24.0 Å². The van der Waals surface area contributed by atoms with Gasteiger partial charge in [0.2, 0.25) is 0 Å². The van der Waals surface area contributed by atoms with Gasteiger partial charge >= 0.3 is 0 Å². The lowest BCUT2D eigenvalue weighted by atomic mass is 10.2. The Kier molecular flexibility index (Phi) is 5.32. The van der Waals surface area contributed by atoms with Crippen molar-refractivity contribution in [2.24, 2.45) is 4.99 Å². The van der Waals surface area contributed by atoms with Crippen LogP contribution in [0.1, 0.15) is 0 Å². The lowest BCUT2D eigenvalue weighted by Crippen LogP contribution is -2.29. The molecular formula is C24H19N3O3S2. The van der Waals surface area contributed by atoms with Crippen LogP contribution in [0.2, 0.25) is 0 Å². The maximum atomic E-state index is 13.6. The van der Waals surface area contributed by atoms with Crippen molar-refractivity contribution in [2.45, 2.75) is 4.90 Å². The van der Waals surface area contributed by atoms with E-state index in [2.05, 4.69) is 6.07 Å². The number of hydrogen-bond donors (Lipinski definition) is 1. The van der Waals surface area contributed by atoms with E-state index in [0.29, 0.717) is 21.4 Å². The molecule has 8 heteroatoms. The van der Waals surface area contributed by atoms with Crippen molar-refractivity contribution in [1.82, 2.24) is 0 Å². The summed E-state index contributed by atoms with van der Waals surface area (Å²) >= 11 is 2.94. The number of methoxy groups -OCH3 is 1. The Hall–Kier alpha value is -3.36. The Morgan fingerprint density at radius 3 is 2.34 bits per heavy atom. The topological polar surface area (TPSA) is 65.4 Å². The zero-order valence-electron chi connectivity index (χ0n) is 17.4. The van der Waals surface area contributed by atoms with Gasteiger partial charge in [0, 0.05) is 11.9 Å². The van der Waals surface area contributed by atoms with Crippen molar-refractivity contribution in [3.05, 3.63) is 82.7 Å². The van der Waals surface area contributed by atoms with Gasteiger partial charge in [-0.3, -0.25) is 9.69 Å². The molecule has 0 bridgehead atoms. The van der Waals surface area contributed by atoms with Crippen LogP contribution in [0, 0.1) is 0 Å². The molecule has 160 valence electrons. The van der Waals surface area contributed by atoms with Crippen LogP contribution >= 0.6 is 23.5 Å². The van der Waals surface area contributed by atoms with E-state index in [1.54, 1.807) is 48.0 Å². The van der Waals surface area contributed by atoms with Crippen LogP contribution in [0.5, 0.6) is 11.5 Å². The summed E-state index contributed by atoms with van der Waals surface area (Å²) in [4.78, 5) is 23.8. The van der Waals surface area contributed by atoms with Gasteiger partial charge in [-0.2, -0.15) is 0 Å². The standard InChI is InChI=1S/C24H19N3O3S2/c1-26-19-5-3-4-6-20(19)31-23(26)21-22(29)27(16-9-11-17(28)12-10-16)24(32-21)25-15-7-13-18(30-2)14-8-15/h3-14,28H,1-2H3/b23-21-,25-24?. The van der Waals surface area contributed by atoms with Gasteiger partial charge in [-0.15, -0.1) is 0 Å². The molecule has 2 heterocycles. The average molecular weight is 462 g/mol. The van der Waals surface area contributed by atoms with E-state index in [0.717, 1.165) is 21.4 Å². The maximum absolute atomic E-state index is 13.6. The molecule has 6 nitrogen and oxygen atoms in total. The fourth-order valence-electron chi connectivity index (χ4n) is 3.47. The minimum Gasteiger partial charge on any atom is -0.508 e. The lowest BCUT2D eigenvalue weighted by molar-refractivity contribution is -0.113. The second-order valence-electron chi connectivity index (χ2n) is 7.11. The molecule has 0 unspecified atom stereocenters. The number of aromatic hydroxyl groups is 1. The van der Waals surface area contributed by atoms with Crippen LogP contribution < -0.4 is 14.5 Å². The van der Waals surface area contributed by atoms with Gasteiger partial charge in [-0.25, -0.2) is 4.99 Å².